The zero-order valence-corrected chi connectivity index (χ0v) is 9.44. The highest BCUT2D eigenvalue weighted by molar-refractivity contribution is 5.79. The predicted molar refractivity (Wildman–Crippen MR) is 54.6 cm³/mol. The molecule has 0 aromatic rings. The highest BCUT2D eigenvalue weighted by Gasteiger charge is 2.30. The molecule has 6 heteroatoms. The summed E-state index contributed by atoms with van der Waals surface area (Å²) in [5.74, 6) is -1.37. The van der Waals surface area contributed by atoms with Crippen LogP contribution in [0.25, 0.3) is 0 Å². The Bertz CT molecular complexity index is 250. The van der Waals surface area contributed by atoms with Gasteiger partial charge in [0, 0.05) is 13.1 Å². The Morgan fingerprint density at radius 2 is 1.93 bits per heavy atom. The Morgan fingerprint density at radius 1 is 1.47 bits per heavy atom. The maximum Gasteiger partial charge on any atom is 0.337 e. The van der Waals surface area contributed by atoms with E-state index < -0.39 is 17.6 Å². The van der Waals surface area contributed by atoms with E-state index in [1.54, 1.807) is 7.05 Å². The molecular weight excluding hydrogens is 200 g/mol. The Morgan fingerprint density at radius 3 is 2.27 bits per heavy atom. The molecule has 0 rings (SSSR count). The smallest absolute Gasteiger partial charge is 0.337 e. The van der Waals surface area contributed by atoms with Crippen molar-refractivity contribution in [3.05, 3.63) is 0 Å². The molecule has 0 spiro atoms. The number of aliphatic hydroxyl groups is 1. The molecule has 0 aliphatic rings. The third kappa shape index (κ3) is 4.16. The summed E-state index contributed by atoms with van der Waals surface area (Å²) in [6, 6.07) is -0.397. The van der Waals surface area contributed by atoms with E-state index in [1.165, 1.54) is 4.90 Å². The van der Waals surface area contributed by atoms with Crippen LogP contribution in [-0.4, -0.2) is 52.3 Å². The number of carboxylic acid groups (broad SMARTS) is 1. The Labute approximate surface area is 88.9 Å². The summed E-state index contributed by atoms with van der Waals surface area (Å²) in [5.41, 5.74) is -1.94. The lowest BCUT2D eigenvalue weighted by Gasteiger charge is -2.24. The summed E-state index contributed by atoms with van der Waals surface area (Å²) in [5, 5.41) is 20.3. The van der Waals surface area contributed by atoms with Gasteiger partial charge in [-0.25, -0.2) is 9.59 Å². The minimum absolute atomic E-state index is 0.0137. The van der Waals surface area contributed by atoms with Crippen molar-refractivity contribution in [2.24, 2.45) is 0 Å². The van der Waals surface area contributed by atoms with E-state index in [2.05, 4.69) is 5.32 Å². The third-order valence-electron chi connectivity index (χ3n) is 2.14. The number of carbonyl (C=O) groups excluding carboxylic acids is 1. The van der Waals surface area contributed by atoms with Crippen molar-refractivity contribution in [3.63, 3.8) is 0 Å². The van der Waals surface area contributed by atoms with Crippen molar-refractivity contribution in [1.82, 2.24) is 10.2 Å². The first-order valence-electron chi connectivity index (χ1n) is 4.65. The van der Waals surface area contributed by atoms with Gasteiger partial charge in [-0.15, -0.1) is 0 Å². The quantitative estimate of drug-likeness (QED) is 0.613. The lowest BCUT2D eigenvalue weighted by atomic mass is 10.1. The van der Waals surface area contributed by atoms with E-state index in [4.69, 9.17) is 5.11 Å². The SMILES string of the molecule is CC(C)N(C)C(=O)NCC(C)(O)C(=O)O. The van der Waals surface area contributed by atoms with Gasteiger partial charge in [-0.2, -0.15) is 0 Å². The summed E-state index contributed by atoms with van der Waals surface area (Å²) in [4.78, 5) is 23.3. The molecular formula is C9H18N2O4. The topological polar surface area (TPSA) is 89.9 Å². The molecule has 1 atom stereocenters. The molecule has 88 valence electrons. The molecule has 15 heavy (non-hydrogen) atoms. The zero-order chi connectivity index (χ0) is 12.2. The standard InChI is InChI=1S/C9H18N2O4/c1-6(2)11(4)8(14)10-5-9(3,15)7(12)13/h6,15H,5H2,1-4H3,(H,10,14)(H,12,13). The van der Waals surface area contributed by atoms with Crippen molar-refractivity contribution in [3.8, 4) is 0 Å². The number of carbonyl (C=O) groups is 2. The fraction of sp³-hybridized carbons (Fsp3) is 0.778. The minimum Gasteiger partial charge on any atom is -0.479 e. The van der Waals surface area contributed by atoms with Crippen LogP contribution in [0.5, 0.6) is 0 Å². The maximum absolute atomic E-state index is 11.4. The van der Waals surface area contributed by atoms with Gasteiger partial charge in [-0.1, -0.05) is 0 Å². The average Bonchev–Trinajstić information content (AvgIpc) is 2.12. The number of urea groups is 1. The Hall–Kier alpha value is -1.30. The van der Waals surface area contributed by atoms with E-state index in [0.717, 1.165) is 6.92 Å². The van der Waals surface area contributed by atoms with Crippen molar-refractivity contribution < 1.29 is 19.8 Å². The largest absolute Gasteiger partial charge is 0.479 e. The first kappa shape index (κ1) is 13.7. The van der Waals surface area contributed by atoms with E-state index in [0.29, 0.717) is 0 Å². The molecule has 0 aromatic carbocycles. The Balaban J connectivity index is 4.18. The van der Waals surface area contributed by atoms with E-state index >= 15 is 0 Å². The first-order chi connectivity index (χ1) is 6.68. The number of amides is 2. The molecule has 0 saturated carbocycles. The predicted octanol–water partition coefficient (Wildman–Crippen LogP) is -0.128. The number of aliphatic carboxylic acids is 1. The van der Waals surface area contributed by atoms with E-state index in [-0.39, 0.29) is 12.6 Å². The number of hydrogen-bond acceptors (Lipinski definition) is 3. The van der Waals surface area contributed by atoms with Crippen LogP contribution in [0.1, 0.15) is 20.8 Å². The molecule has 0 aromatic heterocycles. The van der Waals surface area contributed by atoms with Crippen LogP contribution in [-0.2, 0) is 4.79 Å². The van der Waals surface area contributed by atoms with Crippen molar-refractivity contribution in [2.75, 3.05) is 13.6 Å². The molecule has 0 aliphatic carbocycles. The minimum atomic E-state index is -1.94. The molecule has 0 saturated heterocycles. The average molecular weight is 218 g/mol. The molecule has 2 amide bonds. The van der Waals surface area contributed by atoms with Gasteiger partial charge in [-0.3, -0.25) is 0 Å². The maximum atomic E-state index is 11.4. The molecule has 0 fully saturated rings. The van der Waals surface area contributed by atoms with E-state index in [9.17, 15) is 14.7 Å². The summed E-state index contributed by atoms with van der Waals surface area (Å²) in [6.07, 6.45) is 0. The Kier molecular flexibility index (Phi) is 4.54. The molecule has 3 N–H and O–H groups in total. The number of hydrogen-bond donors (Lipinski definition) is 3. The van der Waals surface area contributed by atoms with Gasteiger partial charge in [0.2, 0.25) is 0 Å². The van der Waals surface area contributed by atoms with Crippen LogP contribution < -0.4 is 5.32 Å². The van der Waals surface area contributed by atoms with Crippen LogP contribution in [0.2, 0.25) is 0 Å². The highest BCUT2D eigenvalue weighted by Crippen LogP contribution is 2.02. The lowest BCUT2D eigenvalue weighted by molar-refractivity contribution is -0.155. The third-order valence-corrected chi connectivity index (χ3v) is 2.14. The highest BCUT2D eigenvalue weighted by atomic mass is 16.4. The van der Waals surface area contributed by atoms with Crippen LogP contribution in [0, 0.1) is 0 Å². The second-order valence-electron chi connectivity index (χ2n) is 3.94. The number of rotatable bonds is 4. The normalized spacial score (nSPS) is 14.5. The van der Waals surface area contributed by atoms with Crippen molar-refractivity contribution in [1.29, 1.82) is 0 Å². The van der Waals surface area contributed by atoms with Gasteiger partial charge in [-0.05, 0) is 20.8 Å². The molecule has 6 nitrogen and oxygen atoms in total. The second kappa shape index (κ2) is 4.97. The molecule has 1 unspecified atom stereocenters. The van der Waals surface area contributed by atoms with Crippen molar-refractivity contribution >= 4 is 12.0 Å². The van der Waals surface area contributed by atoms with Gasteiger partial charge in [0.1, 0.15) is 0 Å². The summed E-state index contributed by atoms with van der Waals surface area (Å²) in [6.45, 7) is 4.47. The second-order valence-corrected chi connectivity index (χ2v) is 3.94. The van der Waals surface area contributed by atoms with Gasteiger partial charge >= 0.3 is 12.0 Å². The van der Waals surface area contributed by atoms with E-state index in [1.807, 2.05) is 13.8 Å². The van der Waals surface area contributed by atoms with Gasteiger partial charge in [0.15, 0.2) is 5.60 Å². The molecule has 0 bridgehead atoms. The molecule has 0 heterocycles. The fourth-order valence-electron chi connectivity index (χ4n) is 0.683. The number of carboxylic acids is 1. The molecule has 0 aliphatic heterocycles. The van der Waals surface area contributed by atoms with Crippen LogP contribution >= 0.6 is 0 Å². The fourth-order valence-corrected chi connectivity index (χ4v) is 0.683. The first-order valence-corrected chi connectivity index (χ1v) is 4.65. The summed E-state index contributed by atoms with van der Waals surface area (Å²) in [7, 11) is 1.59. The summed E-state index contributed by atoms with van der Waals surface area (Å²) >= 11 is 0. The molecule has 0 radical (unpaired) electrons. The van der Waals surface area contributed by atoms with Crippen LogP contribution in [0.4, 0.5) is 4.79 Å². The number of nitrogens with zero attached hydrogens (tertiary/aromatic N) is 1. The van der Waals surface area contributed by atoms with Gasteiger partial charge in [0.05, 0.1) is 6.54 Å². The van der Waals surface area contributed by atoms with Gasteiger partial charge in [0.25, 0.3) is 0 Å². The van der Waals surface area contributed by atoms with Crippen LogP contribution in [0.3, 0.4) is 0 Å². The van der Waals surface area contributed by atoms with Gasteiger partial charge < -0.3 is 20.4 Å². The monoisotopic (exact) mass is 218 g/mol. The summed E-state index contributed by atoms with van der Waals surface area (Å²) < 4.78 is 0. The zero-order valence-electron chi connectivity index (χ0n) is 9.44. The number of nitrogens with one attached hydrogen (secondary N) is 1. The van der Waals surface area contributed by atoms with Crippen molar-refractivity contribution in [2.45, 2.75) is 32.4 Å². The van der Waals surface area contributed by atoms with Crippen LogP contribution in [0.15, 0.2) is 0 Å². The lowest BCUT2D eigenvalue weighted by Crippen LogP contribution is -2.50.